The number of ether oxygens (including phenoxy) is 1. The van der Waals surface area contributed by atoms with Gasteiger partial charge in [0.15, 0.2) is 0 Å². The fraction of sp³-hybridized carbons (Fsp3) is 0.375. The van der Waals surface area contributed by atoms with Crippen molar-refractivity contribution in [2.75, 3.05) is 38.6 Å². The number of anilines is 1. The first kappa shape index (κ1) is 29.1. The van der Waals surface area contributed by atoms with Crippen LogP contribution in [0.25, 0.3) is 0 Å². The molecule has 2 aromatic carbocycles. The first-order valence-corrected chi connectivity index (χ1v) is 14.8. The zero-order valence-electron chi connectivity index (χ0n) is 24.4. The van der Waals surface area contributed by atoms with Crippen molar-refractivity contribution in [3.05, 3.63) is 85.3 Å². The number of aromatic amines is 1. The fourth-order valence-corrected chi connectivity index (χ4v) is 6.51. The fourth-order valence-electron chi connectivity index (χ4n) is 6.18. The molecule has 1 atom stereocenters. The van der Waals surface area contributed by atoms with Crippen LogP contribution >= 0.6 is 11.6 Å². The van der Waals surface area contributed by atoms with Gasteiger partial charge in [-0.3, -0.25) is 24.3 Å². The van der Waals surface area contributed by atoms with Crippen LogP contribution in [-0.2, 0) is 6.42 Å². The van der Waals surface area contributed by atoms with Gasteiger partial charge in [-0.2, -0.15) is 0 Å². The van der Waals surface area contributed by atoms with E-state index < -0.39 is 6.10 Å². The van der Waals surface area contributed by atoms with Gasteiger partial charge in [-0.05, 0) is 93.8 Å². The first-order chi connectivity index (χ1) is 20.6. The summed E-state index contributed by atoms with van der Waals surface area (Å²) in [6, 6.07) is 8.67. The van der Waals surface area contributed by atoms with E-state index in [2.05, 4.69) is 15.2 Å². The van der Waals surface area contributed by atoms with Gasteiger partial charge in [0.2, 0.25) is 0 Å². The molecule has 1 fully saturated rings. The van der Waals surface area contributed by atoms with E-state index in [9.17, 15) is 19.5 Å². The molecule has 10 nitrogen and oxygen atoms in total. The van der Waals surface area contributed by atoms with E-state index >= 15 is 0 Å². The number of aromatic nitrogens is 1. The molecule has 1 aromatic heterocycles. The van der Waals surface area contributed by atoms with Gasteiger partial charge in [-0.25, -0.2) is 0 Å². The second-order valence-corrected chi connectivity index (χ2v) is 12.0. The number of hydrogen-bond acceptors (Lipinski definition) is 8. The molecular formula is C32H34ClN5O5. The number of fused-ring (bicyclic) bond motifs is 2. The Labute approximate surface area is 254 Å². The van der Waals surface area contributed by atoms with Gasteiger partial charge in [0.1, 0.15) is 18.5 Å². The van der Waals surface area contributed by atoms with Gasteiger partial charge >= 0.3 is 0 Å². The Balaban J connectivity index is 1.17. The molecule has 1 saturated heterocycles. The number of nitrogens with one attached hydrogen (secondary N) is 2. The molecule has 224 valence electrons. The highest BCUT2D eigenvalue weighted by molar-refractivity contribution is 6.30. The van der Waals surface area contributed by atoms with Crippen LogP contribution in [0.2, 0.25) is 5.02 Å². The molecule has 6 rings (SSSR count). The van der Waals surface area contributed by atoms with Crippen molar-refractivity contribution >= 4 is 40.5 Å². The van der Waals surface area contributed by atoms with E-state index in [4.69, 9.17) is 21.3 Å². The van der Waals surface area contributed by atoms with Gasteiger partial charge in [0, 0.05) is 30.2 Å². The number of imide groups is 1. The summed E-state index contributed by atoms with van der Waals surface area (Å²) in [5.74, 6) is 0.142. The minimum atomic E-state index is -0.864. The van der Waals surface area contributed by atoms with E-state index in [-0.39, 0.29) is 36.6 Å². The van der Waals surface area contributed by atoms with Crippen LogP contribution in [0, 0.1) is 13.8 Å². The minimum Gasteiger partial charge on any atom is -0.490 e. The van der Waals surface area contributed by atoms with Gasteiger partial charge in [0.25, 0.3) is 17.4 Å². The molecule has 0 spiro atoms. The molecule has 4 heterocycles. The summed E-state index contributed by atoms with van der Waals surface area (Å²) >= 11 is 6.11. The largest absolute Gasteiger partial charge is 0.490 e. The number of piperidine rings is 1. The SMILES string of the molecule is Cc1cc(Cl)cc(C)c1OCC(O)CNc1cc[nH]c(=O)c1C1=Nc2cc3c(cc2C1)C(=O)N(C1CCN(C)CC1)C3=O. The number of amides is 2. The number of hydrogen-bond donors (Lipinski definition) is 3. The Kier molecular flexibility index (Phi) is 7.85. The van der Waals surface area contributed by atoms with Crippen molar-refractivity contribution in [2.45, 2.75) is 45.3 Å². The Morgan fingerprint density at radius 2 is 1.77 bits per heavy atom. The van der Waals surface area contributed by atoms with Gasteiger partial charge in [0.05, 0.1) is 33.8 Å². The molecule has 43 heavy (non-hydrogen) atoms. The standard InChI is InChI=1S/C32H34ClN5O5/c1-17-10-20(33)11-18(2)29(17)43-16-22(39)15-35-25-4-7-34-30(40)28(25)27-13-19-12-23-24(14-26(19)36-27)32(42)38(31(23)41)21-5-8-37(3)9-6-21/h4,7,10-12,14,21-22,39H,5-6,8-9,13,15-16H2,1-3H3,(H2,34,35,40). The Hall–Kier alpha value is -3.99. The summed E-state index contributed by atoms with van der Waals surface area (Å²) in [4.78, 5) is 50.7. The van der Waals surface area contributed by atoms with Crippen LogP contribution in [0.1, 0.15) is 55.8 Å². The third kappa shape index (κ3) is 5.58. The first-order valence-electron chi connectivity index (χ1n) is 14.4. The summed E-state index contributed by atoms with van der Waals surface area (Å²) in [5, 5.41) is 14.4. The van der Waals surface area contributed by atoms with E-state index in [1.165, 1.54) is 11.1 Å². The number of carbonyl (C=O) groups is 2. The van der Waals surface area contributed by atoms with Gasteiger partial charge in [-0.1, -0.05) is 11.6 Å². The predicted molar refractivity (Wildman–Crippen MR) is 165 cm³/mol. The lowest BCUT2D eigenvalue weighted by Gasteiger charge is -2.33. The smallest absolute Gasteiger partial charge is 0.261 e. The summed E-state index contributed by atoms with van der Waals surface area (Å²) in [6.45, 7) is 5.66. The molecule has 3 aromatic rings. The predicted octanol–water partition coefficient (Wildman–Crippen LogP) is 3.86. The molecular weight excluding hydrogens is 570 g/mol. The lowest BCUT2D eigenvalue weighted by Crippen LogP contribution is -2.46. The quantitative estimate of drug-likeness (QED) is 0.334. The van der Waals surface area contributed by atoms with Crippen LogP contribution in [0.5, 0.6) is 5.75 Å². The lowest BCUT2D eigenvalue weighted by molar-refractivity contribution is 0.0516. The second kappa shape index (κ2) is 11.6. The van der Waals surface area contributed by atoms with Crippen molar-refractivity contribution in [1.29, 1.82) is 0 Å². The number of H-pyrrole nitrogens is 1. The molecule has 1 unspecified atom stereocenters. The number of rotatable bonds is 8. The number of aliphatic hydroxyl groups excluding tert-OH is 1. The van der Waals surface area contributed by atoms with Crippen molar-refractivity contribution < 1.29 is 19.4 Å². The third-order valence-electron chi connectivity index (χ3n) is 8.41. The maximum atomic E-state index is 13.3. The van der Waals surface area contributed by atoms with E-state index in [1.807, 2.05) is 33.0 Å². The summed E-state index contributed by atoms with van der Waals surface area (Å²) in [7, 11) is 2.04. The van der Waals surface area contributed by atoms with E-state index in [0.717, 1.165) is 42.6 Å². The van der Waals surface area contributed by atoms with Crippen LogP contribution in [-0.4, -0.2) is 82.9 Å². The van der Waals surface area contributed by atoms with Crippen molar-refractivity contribution in [2.24, 2.45) is 4.99 Å². The molecule has 11 heteroatoms. The highest BCUT2D eigenvalue weighted by atomic mass is 35.5. The summed E-state index contributed by atoms with van der Waals surface area (Å²) < 4.78 is 5.87. The topological polar surface area (TPSA) is 127 Å². The maximum absolute atomic E-state index is 13.3. The van der Waals surface area contributed by atoms with Crippen molar-refractivity contribution in [3.63, 3.8) is 0 Å². The molecule has 3 aliphatic rings. The summed E-state index contributed by atoms with van der Waals surface area (Å²) in [6.07, 6.45) is 2.52. The van der Waals surface area contributed by atoms with Gasteiger partial charge < -0.3 is 25.0 Å². The number of aliphatic hydroxyl groups is 1. The highest BCUT2D eigenvalue weighted by Gasteiger charge is 2.42. The molecule has 0 radical (unpaired) electrons. The Bertz CT molecular complexity index is 1690. The zero-order chi connectivity index (χ0) is 30.4. The van der Waals surface area contributed by atoms with E-state index in [0.29, 0.717) is 51.0 Å². The number of carbonyl (C=O) groups excluding carboxylic acids is 2. The number of nitrogens with zero attached hydrogens (tertiary/aromatic N) is 3. The minimum absolute atomic E-state index is 0.0451. The molecule has 0 saturated carbocycles. The van der Waals surface area contributed by atoms with Crippen LogP contribution in [0.3, 0.4) is 0 Å². The van der Waals surface area contributed by atoms with Crippen molar-refractivity contribution in [1.82, 2.24) is 14.8 Å². The number of pyridine rings is 1. The maximum Gasteiger partial charge on any atom is 0.261 e. The number of halogens is 1. The molecule has 2 amide bonds. The van der Waals surface area contributed by atoms with Gasteiger partial charge in [-0.15, -0.1) is 0 Å². The van der Waals surface area contributed by atoms with Crippen LogP contribution in [0.15, 0.2) is 46.3 Å². The van der Waals surface area contributed by atoms with Crippen molar-refractivity contribution in [3.8, 4) is 5.75 Å². The highest BCUT2D eigenvalue weighted by Crippen LogP contribution is 2.37. The average Bonchev–Trinajstić information content (AvgIpc) is 3.48. The number of likely N-dealkylation sites (tertiary alicyclic amines) is 1. The monoisotopic (exact) mass is 603 g/mol. The molecule has 0 bridgehead atoms. The van der Waals surface area contributed by atoms with E-state index in [1.54, 1.807) is 18.2 Å². The lowest BCUT2D eigenvalue weighted by atomic mass is 10.00. The number of benzene rings is 2. The van der Waals surface area contributed by atoms with Crippen LogP contribution < -0.4 is 15.6 Å². The average molecular weight is 604 g/mol. The second-order valence-electron chi connectivity index (χ2n) is 11.6. The molecule has 0 aliphatic carbocycles. The number of aryl methyl sites for hydroxylation is 2. The Morgan fingerprint density at radius 1 is 1.09 bits per heavy atom. The number of aliphatic imine (C=N–C) groups is 1. The normalized spacial score (nSPS) is 17.6. The summed E-state index contributed by atoms with van der Waals surface area (Å²) in [5.41, 5.74) is 4.94. The zero-order valence-corrected chi connectivity index (χ0v) is 25.1. The Morgan fingerprint density at radius 3 is 2.47 bits per heavy atom. The van der Waals surface area contributed by atoms with Crippen LogP contribution in [0.4, 0.5) is 11.4 Å². The molecule has 3 aliphatic heterocycles. The molecule has 3 N–H and O–H groups in total. The third-order valence-corrected chi connectivity index (χ3v) is 8.62.